The van der Waals surface area contributed by atoms with E-state index in [9.17, 15) is 0 Å². The van der Waals surface area contributed by atoms with Gasteiger partial charge in [0.2, 0.25) is 0 Å². The van der Waals surface area contributed by atoms with Crippen LogP contribution in [-0.2, 0) is 6.67 Å². The molecule has 0 bridgehead atoms. The van der Waals surface area contributed by atoms with Crippen LogP contribution >= 0.6 is 0 Å². The molecule has 1 aromatic heterocycles. The number of ether oxygens (including phenoxy) is 1. The molecule has 0 N–H and O–H groups in total. The number of nitrogens with zero attached hydrogens (tertiary/aromatic N) is 3. The van der Waals surface area contributed by atoms with E-state index < -0.39 is 0 Å². The Bertz CT molecular complexity index is 882. The number of aryl methyl sites for hydroxylation is 2. The first-order valence-corrected chi connectivity index (χ1v) is 8.96. The van der Waals surface area contributed by atoms with Gasteiger partial charge in [0.25, 0.3) is 0 Å². The van der Waals surface area contributed by atoms with Gasteiger partial charge in [0, 0.05) is 12.6 Å². The van der Waals surface area contributed by atoms with Crippen LogP contribution in [0.25, 0.3) is 11.0 Å². The van der Waals surface area contributed by atoms with Gasteiger partial charge < -0.3 is 9.30 Å². The van der Waals surface area contributed by atoms with Crippen molar-refractivity contribution in [3.05, 3.63) is 59.4 Å². The molecule has 0 aliphatic carbocycles. The molecule has 2 heterocycles. The van der Waals surface area contributed by atoms with Crippen LogP contribution in [0.3, 0.4) is 0 Å². The smallest absolute Gasteiger partial charge is 0.118 e. The minimum Gasteiger partial charge on any atom is -0.497 e. The molecule has 1 aliphatic rings. The van der Waals surface area contributed by atoms with Gasteiger partial charge in [0.1, 0.15) is 5.75 Å². The lowest BCUT2D eigenvalue weighted by Crippen LogP contribution is -2.25. The van der Waals surface area contributed by atoms with Gasteiger partial charge in [-0.25, -0.2) is 4.98 Å². The Hall–Kier alpha value is -2.33. The topological polar surface area (TPSA) is 30.3 Å². The number of imidazole rings is 1. The van der Waals surface area contributed by atoms with Crippen molar-refractivity contribution in [1.82, 2.24) is 14.5 Å². The van der Waals surface area contributed by atoms with Crippen molar-refractivity contribution in [2.75, 3.05) is 13.7 Å². The Labute approximate surface area is 149 Å². The van der Waals surface area contributed by atoms with E-state index in [4.69, 9.17) is 4.74 Å². The standard InChI is InChI=1S/C21H25N3O/c1-15-11-19-21(12-16(15)2)24(13-22-19)14-23-10-4-5-20(23)17-6-8-18(25-3)9-7-17/h6-9,11-13,20H,4-5,10,14H2,1-3H3/t20-/m1/s1. The second-order valence-electron chi connectivity index (χ2n) is 7.02. The second-order valence-corrected chi connectivity index (χ2v) is 7.02. The number of methoxy groups -OCH3 is 1. The van der Waals surface area contributed by atoms with Crippen molar-refractivity contribution in [2.45, 2.75) is 39.4 Å². The molecule has 3 aromatic rings. The van der Waals surface area contributed by atoms with Crippen LogP contribution in [0.1, 0.15) is 35.6 Å². The molecule has 0 spiro atoms. The van der Waals surface area contributed by atoms with E-state index in [1.807, 2.05) is 6.33 Å². The Kier molecular flexibility index (Phi) is 4.22. The quantitative estimate of drug-likeness (QED) is 0.705. The van der Waals surface area contributed by atoms with E-state index in [0.717, 1.165) is 24.5 Å². The van der Waals surface area contributed by atoms with E-state index in [0.29, 0.717) is 6.04 Å². The summed E-state index contributed by atoms with van der Waals surface area (Å²) in [5.41, 5.74) is 6.30. The van der Waals surface area contributed by atoms with Crippen molar-refractivity contribution < 1.29 is 4.74 Å². The number of rotatable bonds is 4. The van der Waals surface area contributed by atoms with Gasteiger partial charge in [-0.3, -0.25) is 4.90 Å². The summed E-state index contributed by atoms with van der Waals surface area (Å²) in [5.74, 6) is 0.916. The van der Waals surface area contributed by atoms with Gasteiger partial charge in [-0.2, -0.15) is 0 Å². The first kappa shape index (κ1) is 16.2. The number of fused-ring (bicyclic) bond motifs is 1. The summed E-state index contributed by atoms with van der Waals surface area (Å²) >= 11 is 0. The van der Waals surface area contributed by atoms with Crippen LogP contribution in [0.5, 0.6) is 5.75 Å². The normalized spacial score (nSPS) is 18.1. The molecule has 2 aromatic carbocycles. The minimum absolute atomic E-state index is 0.468. The van der Waals surface area contributed by atoms with Crippen LogP contribution in [0.2, 0.25) is 0 Å². The Morgan fingerprint density at radius 3 is 2.64 bits per heavy atom. The van der Waals surface area contributed by atoms with Gasteiger partial charge in [-0.15, -0.1) is 0 Å². The summed E-state index contributed by atoms with van der Waals surface area (Å²) < 4.78 is 7.57. The molecule has 0 radical (unpaired) electrons. The Morgan fingerprint density at radius 2 is 1.88 bits per heavy atom. The number of hydrogen-bond acceptors (Lipinski definition) is 3. The van der Waals surface area contributed by atoms with Crippen LogP contribution < -0.4 is 4.74 Å². The highest BCUT2D eigenvalue weighted by Gasteiger charge is 2.26. The van der Waals surface area contributed by atoms with Crippen LogP contribution in [0.15, 0.2) is 42.7 Å². The fourth-order valence-corrected chi connectivity index (χ4v) is 3.82. The lowest BCUT2D eigenvalue weighted by Gasteiger charge is -2.25. The van der Waals surface area contributed by atoms with E-state index in [1.54, 1.807) is 7.11 Å². The van der Waals surface area contributed by atoms with E-state index >= 15 is 0 Å². The van der Waals surface area contributed by atoms with Crippen molar-refractivity contribution in [1.29, 1.82) is 0 Å². The molecule has 0 amide bonds. The summed E-state index contributed by atoms with van der Waals surface area (Å²) in [4.78, 5) is 7.16. The third kappa shape index (κ3) is 3.02. The highest BCUT2D eigenvalue weighted by atomic mass is 16.5. The maximum absolute atomic E-state index is 5.29. The highest BCUT2D eigenvalue weighted by Crippen LogP contribution is 2.33. The second kappa shape index (κ2) is 6.52. The van der Waals surface area contributed by atoms with Gasteiger partial charge in [-0.1, -0.05) is 12.1 Å². The van der Waals surface area contributed by atoms with E-state index in [1.165, 1.54) is 35.0 Å². The molecule has 130 valence electrons. The largest absolute Gasteiger partial charge is 0.497 e. The zero-order chi connectivity index (χ0) is 17.4. The van der Waals surface area contributed by atoms with Gasteiger partial charge in [0.15, 0.2) is 0 Å². The summed E-state index contributed by atoms with van der Waals surface area (Å²) in [6, 6.07) is 13.4. The Balaban J connectivity index is 1.60. The van der Waals surface area contributed by atoms with E-state index in [-0.39, 0.29) is 0 Å². The monoisotopic (exact) mass is 335 g/mol. The zero-order valence-corrected chi connectivity index (χ0v) is 15.2. The summed E-state index contributed by atoms with van der Waals surface area (Å²) in [6.45, 7) is 6.33. The van der Waals surface area contributed by atoms with Crippen molar-refractivity contribution in [2.24, 2.45) is 0 Å². The maximum Gasteiger partial charge on any atom is 0.118 e. The molecule has 25 heavy (non-hydrogen) atoms. The SMILES string of the molecule is COc1ccc([C@H]2CCCN2Cn2cnc3cc(C)c(C)cc32)cc1. The molecule has 4 heteroatoms. The fourth-order valence-electron chi connectivity index (χ4n) is 3.82. The molecular weight excluding hydrogens is 310 g/mol. The molecule has 1 saturated heterocycles. The van der Waals surface area contributed by atoms with Crippen molar-refractivity contribution in [3.63, 3.8) is 0 Å². The first-order chi connectivity index (χ1) is 12.2. The average Bonchev–Trinajstić information content (AvgIpc) is 3.24. The molecule has 1 fully saturated rings. The van der Waals surface area contributed by atoms with Gasteiger partial charge in [-0.05, 0) is 67.6 Å². The number of likely N-dealkylation sites (tertiary alicyclic amines) is 1. The zero-order valence-electron chi connectivity index (χ0n) is 15.2. The van der Waals surface area contributed by atoms with Crippen LogP contribution in [0.4, 0.5) is 0 Å². The van der Waals surface area contributed by atoms with Crippen LogP contribution in [-0.4, -0.2) is 28.1 Å². The highest BCUT2D eigenvalue weighted by molar-refractivity contribution is 5.77. The van der Waals surface area contributed by atoms with Crippen molar-refractivity contribution in [3.8, 4) is 5.75 Å². The van der Waals surface area contributed by atoms with E-state index in [2.05, 4.69) is 64.7 Å². The summed E-state index contributed by atoms with van der Waals surface area (Å²) in [7, 11) is 1.71. The lowest BCUT2D eigenvalue weighted by atomic mass is 10.0. The summed E-state index contributed by atoms with van der Waals surface area (Å²) in [5, 5.41) is 0. The van der Waals surface area contributed by atoms with Gasteiger partial charge in [0.05, 0.1) is 31.1 Å². The average molecular weight is 335 g/mol. The Morgan fingerprint density at radius 1 is 1.12 bits per heavy atom. The fraction of sp³-hybridized carbons (Fsp3) is 0.381. The van der Waals surface area contributed by atoms with Crippen molar-refractivity contribution >= 4 is 11.0 Å². The van der Waals surface area contributed by atoms with Crippen LogP contribution in [0, 0.1) is 13.8 Å². The molecule has 1 atom stereocenters. The van der Waals surface area contributed by atoms with Gasteiger partial charge >= 0.3 is 0 Å². The molecule has 4 nitrogen and oxygen atoms in total. The molecule has 1 aliphatic heterocycles. The predicted molar refractivity (Wildman–Crippen MR) is 101 cm³/mol. The third-order valence-electron chi connectivity index (χ3n) is 5.43. The molecule has 0 saturated carbocycles. The lowest BCUT2D eigenvalue weighted by molar-refractivity contribution is 0.205. The number of benzene rings is 2. The minimum atomic E-state index is 0.468. The molecule has 0 unspecified atom stereocenters. The third-order valence-corrected chi connectivity index (χ3v) is 5.43. The number of aromatic nitrogens is 2. The summed E-state index contributed by atoms with van der Waals surface area (Å²) in [6.07, 6.45) is 4.42. The maximum atomic E-state index is 5.29. The predicted octanol–water partition coefficient (Wildman–Crippen LogP) is 4.46. The first-order valence-electron chi connectivity index (χ1n) is 8.96. The molecule has 4 rings (SSSR count). The number of hydrogen-bond donors (Lipinski definition) is 0. The molecular formula is C21H25N3O.